The topological polar surface area (TPSA) is 170 Å². The highest BCUT2D eigenvalue weighted by atomic mass is 16.6. The van der Waals surface area contributed by atoms with Crippen LogP contribution in [0.2, 0.25) is 0 Å². The third-order valence-electron chi connectivity index (χ3n) is 5.65. The van der Waals surface area contributed by atoms with Crippen LogP contribution in [0.3, 0.4) is 0 Å². The molecule has 3 rings (SSSR count). The third-order valence-corrected chi connectivity index (χ3v) is 5.65. The highest BCUT2D eigenvalue weighted by Gasteiger charge is 2.32. The van der Waals surface area contributed by atoms with Crippen LogP contribution in [-0.2, 0) is 37.1 Å². The Morgan fingerprint density at radius 1 is 1.05 bits per heavy atom. The molecule has 0 aliphatic rings. The fourth-order valence-corrected chi connectivity index (χ4v) is 3.80. The van der Waals surface area contributed by atoms with Gasteiger partial charge in [0.25, 0.3) is 0 Å². The van der Waals surface area contributed by atoms with E-state index in [0.717, 1.165) is 10.5 Å². The number of ether oxygens (including phenoxy) is 2. The van der Waals surface area contributed by atoms with Crippen LogP contribution in [0.4, 0.5) is 4.79 Å². The van der Waals surface area contributed by atoms with Gasteiger partial charge in [-0.15, -0.1) is 10.2 Å². The van der Waals surface area contributed by atoms with Crippen molar-refractivity contribution in [2.24, 2.45) is 5.73 Å². The predicted molar refractivity (Wildman–Crippen MR) is 147 cm³/mol. The molecule has 4 N–H and O–H groups in total. The first-order valence-electron chi connectivity index (χ1n) is 12.2. The van der Waals surface area contributed by atoms with Crippen LogP contribution in [0.5, 0.6) is 0 Å². The number of aromatic nitrogens is 3. The highest BCUT2D eigenvalue weighted by Crippen LogP contribution is 2.19. The van der Waals surface area contributed by atoms with Gasteiger partial charge < -0.3 is 30.7 Å². The molecular formula is C27H37N7O6. The Kier molecular flexibility index (Phi) is 11.1. The van der Waals surface area contributed by atoms with Crippen molar-refractivity contribution in [3.63, 3.8) is 0 Å². The van der Waals surface area contributed by atoms with Crippen molar-refractivity contribution in [2.75, 3.05) is 20.2 Å². The van der Waals surface area contributed by atoms with Crippen LogP contribution >= 0.6 is 0 Å². The summed E-state index contributed by atoms with van der Waals surface area (Å²) in [5, 5.41) is 14.0. The molecule has 0 aliphatic heterocycles. The molecule has 3 aromatic rings. The number of benzene rings is 1. The van der Waals surface area contributed by atoms with Gasteiger partial charge in [0.2, 0.25) is 17.7 Å². The van der Waals surface area contributed by atoms with Crippen LogP contribution in [0.15, 0.2) is 48.5 Å². The number of carbonyl (C=O) groups excluding carboxylic acids is 4. The minimum Gasteiger partial charge on any atom is -0.443 e. The van der Waals surface area contributed by atoms with Crippen molar-refractivity contribution >= 4 is 29.5 Å². The summed E-state index contributed by atoms with van der Waals surface area (Å²) in [5.74, 6) is -1.15. The standard InChI is InChI=1S/C26H33N7O6.CH4/c1-17(34)29-26(2,3)24(36)28-20(16-38-14-18-9-6-5-7-10-18)23-31-30-22-12-8-11-19(33(22)23)15-39-25(37)32(4)13-21(27)35;/h5-12,20H,13-16H2,1-4H3,(H2,27,35)(H,28,36)(H,29,34);1H4/t20-;/m1./s1. The molecule has 0 saturated heterocycles. The first-order valence-corrected chi connectivity index (χ1v) is 12.2. The summed E-state index contributed by atoms with van der Waals surface area (Å²) >= 11 is 0. The number of rotatable bonds is 12. The van der Waals surface area contributed by atoms with Crippen molar-refractivity contribution < 1.29 is 28.7 Å². The lowest BCUT2D eigenvalue weighted by molar-refractivity contribution is -0.132. The maximum Gasteiger partial charge on any atom is 0.410 e. The van der Waals surface area contributed by atoms with Gasteiger partial charge in [-0.2, -0.15) is 0 Å². The number of pyridine rings is 1. The number of carbonyl (C=O) groups is 4. The number of hydrogen-bond acceptors (Lipinski definition) is 8. The molecular weight excluding hydrogens is 518 g/mol. The van der Waals surface area contributed by atoms with E-state index < -0.39 is 29.5 Å². The van der Waals surface area contributed by atoms with E-state index in [-0.39, 0.29) is 39.7 Å². The molecule has 2 heterocycles. The van der Waals surface area contributed by atoms with Gasteiger partial charge in [-0.3, -0.25) is 18.8 Å². The molecule has 0 spiro atoms. The zero-order valence-corrected chi connectivity index (χ0v) is 22.3. The molecule has 40 heavy (non-hydrogen) atoms. The number of nitrogens with zero attached hydrogens (tertiary/aromatic N) is 4. The Morgan fingerprint density at radius 2 is 1.75 bits per heavy atom. The van der Waals surface area contributed by atoms with Crippen molar-refractivity contribution in [1.29, 1.82) is 0 Å². The lowest BCUT2D eigenvalue weighted by Crippen LogP contribution is -2.55. The van der Waals surface area contributed by atoms with Gasteiger partial charge in [0.05, 0.1) is 18.9 Å². The molecule has 2 aromatic heterocycles. The van der Waals surface area contributed by atoms with Crippen molar-refractivity contribution in [2.45, 2.75) is 53.0 Å². The molecule has 216 valence electrons. The van der Waals surface area contributed by atoms with Gasteiger partial charge in [-0.25, -0.2) is 4.79 Å². The van der Waals surface area contributed by atoms with Crippen LogP contribution in [0.25, 0.3) is 5.65 Å². The Bertz CT molecular complexity index is 1330. The monoisotopic (exact) mass is 555 g/mol. The van der Waals surface area contributed by atoms with Gasteiger partial charge in [-0.1, -0.05) is 43.8 Å². The quantitative estimate of drug-likeness (QED) is 0.303. The van der Waals surface area contributed by atoms with Gasteiger partial charge in [-0.05, 0) is 31.5 Å². The van der Waals surface area contributed by atoms with E-state index in [9.17, 15) is 19.2 Å². The van der Waals surface area contributed by atoms with Crippen molar-refractivity contribution in [3.8, 4) is 0 Å². The number of primary amides is 1. The zero-order chi connectivity index (χ0) is 28.6. The maximum absolute atomic E-state index is 13.2. The summed E-state index contributed by atoms with van der Waals surface area (Å²) < 4.78 is 13.0. The van der Waals surface area contributed by atoms with Gasteiger partial charge in [0.1, 0.15) is 24.7 Å². The second kappa shape index (κ2) is 14.0. The van der Waals surface area contributed by atoms with Crippen LogP contribution in [0.1, 0.15) is 51.3 Å². The molecule has 1 aromatic carbocycles. The van der Waals surface area contributed by atoms with E-state index in [1.54, 1.807) is 36.4 Å². The number of fused-ring (bicyclic) bond motifs is 1. The number of amides is 4. The summed E-state index contributed by atoms with van der Waals surface area (Å²) in [5.41, 5.74) is 5.84. The number of nitrogens with one attached hydrogen (secondary N) is 2. The van der Waals surface area contributed by atoms with E-state index in [2.05, 4.69) is 20.8 Å². The maximum atomic E-state index is 13.2. The second-order valence-corrected chi connectivity index (χ2v) is 9.48. The van der Waals surface area contributed by atoms with Crippen LogP contribution < -0.4 is 16.4 Å². The minimum atomic E-state index is -1.21. The second-order valence-electron chi connectivity index (χ2n) is 9.48. The Balaban J connectivity index is 0.00000560. The SMILES string of the molecule is C.CC(=O)NC(C)(C)C(=O)N[C@H](COCc1ccccc1)c1nnc2cccc(COC(=O)N(C)CC(N)=O)n12. The highest BCUT2D eigenvalue weighted by molar-refractivity contribution is 5.90. The molecule has 0 fully saturated rings. The fraction of sp³-hybridized carbons (Fsp3) is 0.407. The Morgan fingerprint density at radius 3 is 2.40 bits per heavy atom. The van der Waals surface area contributed by atoms with E-state index in [4.69, 9.17) is 15.2 Å². The van der Waals surface area contributed by atoms with Gasteiger partial charge in [0, 0.05) is 14.0 Å². The van der Waals surface area contributed by atoms with Gasteiger partial charge in [0.15, 0.2) is 11.5 Å². The molecule has 13 heteroatoms. The summed E-state index contributed by atoms with van der Waals surface area (Å²) in [6, 6.07) is 13.9. The van der Waals surface area contributed by atoms with E-state index in [1.807, 2.05) is 30.3 Å². The molecule has 4 amide bonds. The summed E-state index contributed by atoms with van der Waals surface area (Å²) in [6.07, 6.45) is -0.742. The summed E-state index contributed by atoms with van der Waals surface area (Å²) in [4.78, 5) is 49.3. The Labute approximate surface area is 233 Å². The third kappa shape index (κ3) is 8.50. The molecule has 0 radical (unpaired) electrons. The smallest absolute Gasteiger partial charge is 0.410 e. The average molecular weight is 556 g/mol. The lowest BCUT2D eigenvalue weighted by atomic mass is 10.0. The van der Waals surface area contributed by atoms with Crippen molar-refractivity contribution in [3.05, 3.63) is 65.6 Å². The molecule has 0 saturated carbocycles. The number of hydrogen-bond donors (Lipinski definition) is 3. The van der Waals surface area contributed by atoms with E-state index in [1.165, 1.54) is 14.0 Å². The fourth-order valence-electron chi connectivity index (χ4n) is 3.80. The molecule has 0 bridgehead atoms. The lowest BCUT2D eigenvalue weighted by Gasteiger charge is -2.27. The minimum absolute atomic E-state index is 0. The number of nitrogens with two attached hydrogens (primary N) is 1. The van der Waals surface area contributed by atoms with E-state index >= 15 is 0 Å². The van der Waals surface area contributed by atoms with E-state index in [0.29, 0.717) is 17.2 Å². The molecule has 13 nitrogen and oxygen atoms in total. The van der Waals surface area contributed by atoms with Crippen LogP contribution in [-0.4, -0.2) is 69.1 Å². The molecule has 1 atom stereocenters. The summed E-state index contributed by atoms with van der Waals surface area (Å²) in [6.45, 7) is 4.35. The average Bonchev–Trinajstić information content (AvgIpc) is 3.31. The van der Waals surface area contributed by atoms with Crippen LogP contribution in [0, 0.1) is 0 Å². The summed E-state index contributed by atoms with van der Waals surface area (Å²) in [7, 11) is 1.39. The Hall–Kier alpha value is -4.52. The normalized spacial score (nSPS) is 11.7. The number of likely N-dealkylation sites (N-methyl/N-ethyl adjacent to an activating group) is 1. The molecule has 0 unspecified atom stereocenters. The largest absolute Gasteiger partial charge is 0.443 e. The van der Waals surface area contributed by atoms with Crippen molar-refractivity contribution in [1.82, 2.24) is 30.1 Å². The zero-order valence-electron chi connectivity index (χ0n) is 22.3. The first-order chi connectivity index (χ1) is 18.5. The van der Waals surface area contributed by atoms with Gasteiger partial charge >= 0.3 is 6.09 Å². The first kappa shape index (κ1) is 31.7. The predicted octanol–water partition coefficient (Wildman–Crippen LogP) is 1.71. The molecule has 0 aliphatic carbocycles.